The maximum Gasteiger partial charge on any atom is 0.245 e. The van der Waals surface area contributed by atoms with Crippen molar-refractivity contribution < 1.29 is 4.42 Å². The fourth-order valence-corrected chi connectivity index (χ4v) is 1.89. The van der Waals surface area contributed by atoms with Gasteiger partial charge in [-0.2, -0.15) is 10.1 Å². The molecule has 0 aliphatic heterocycles. The first-order valence-electron chi connectivity index (χ1n) is 6.58. The van der Waals surface area contributed by atoms with Crippen LogP contribution in [-0.4, -0.2) is 22.2 Å². The zero-order valence-corrected chi connectivity index (χ0v) is 11.6. The van der Waals surface area contributed by atoms with E-state index in [1.165, 1.54) is 0 Å². The van der Waals surface area contributed by atoms with Gasteiger partial charge in [-0.1, -0.05) is 18.2 Å². The Bertz CT molecular complexity index is 684. The van der Waals surface area contributed by atoms with E-state index in [0.717, 1.165) is 17.3 Å². The van der Waals surface area contributed by atoms with Gasteiger partial charge in [0.1, 0.15) is 5.76 Å². The Labute approximate surface area is 122 Å². The van der Waals surface area contributed by atoms with Crippen LogP contribution in [0.5, 0.6) is 0 Å². The van der Waals surface area contributed by atoms with E-state index >= 15 is 0 Å². The molecular weight excluding hydrogens is 266 g/mol. The molecule has 0 unspecified atom stereocenters. The largest absolute Gasteiger partial charge is 0.467 e. The van der Waals surface area contributed by atoms with Crippen LogP contribution in [0.2, 0.25) is 0 Å². The number of nitrogens with one attached hydrogen (secondary N) is 1. The van der Waals surface area contributed by atoms with E-state index in [0.29, 0.717) is 12.5 Å². The molecule has 0 saturated carbocycles. The van der Waals surface area contributed by atoms with Gasteiger partial charge in [0.05, 0.1) is 19.0 Å². The van der Waals surface area contributed by atoms with Crippen molar-refractivity contribution in [3.05, 3.63) is 60.7 Å². The van der Waals surface area contributed by atoms with Gasteiger partial charge in [-0.15, -0.1) is 5.10 Å². The number of para-hydroxylation sites is 1. The second-order valence-electron chi connectivity index (χ2n) is 4.47. The van der Waals surface area contributed by atoms with E-state index < -0.39 is 0 Å². The Morgan fingerprint density at radius 2 is 2.00 bits per heavy atom. The number of aromatic nitrogens is 3. The summed E-state index contributed by atoms with van der Waals surface area (Å²) in [6.07, 6.45) is 3.26. The van der Waals surface area contributed by atoms with E-state index in [4.69, 9.17) is 4.42 Å². The first kappa shape index (κ1) is 13.1. The average Bonchev–Trinajstić information content (AvgIpc) is 3.07. The van der Waals surface area contributed by atoms with Crippen molar-refractivity contribution >= 4 is 17.5 Å². The number of rotatable bonds is 5. The van der Waals surface area contributed by atoms with Gasteiger partial charge in [-0.3, -0.25) is 0 Å². The number of hydrogen-bond acceptors (Lipinski definition) is 6. The van der Waals surface area contributed by atoms with Crippen LogP contribution < -0.4 is 10.2 Å². The molecule has 0 fully saturated rings. The summed E-state index contributed by atoms with van der Waals surface area (Å²) in [5.74, 6) is 2.00. The highest BCUT2D eigenvalue weighted by atomic mass is 16.3. The summed E-state index contributed by atoms with van der Waals surface area (Å²) in [5, 5.41) is 11.0. The highest BCUT2D eigenvalue weighted by Gasteiger charge is 2.07. The minimum atomic E-state index is 0.465. The molecule has 106 valence electrons. The lowest BCUT2D eigenvalue weighted by Crippen LogP contribution is -2.13. The molecule has 0 amide bonds. The third-order valence-corrected chi connectivity index (χ3v) is 3.03. The van der Waals surface area contributed by atoms with Crippen molar-refractivity contribution in [3.63, 3.8) is 0 Å². The van der Waals surface area contributed by atoms with Gasteiger partial charge in [0, 0.05) is 12.7 Å². The van der Waals surface area contributed by atoms with Crippen LogP contribution in [0.15, 0.2) is 59.3 Å². The highest BCUT2D eigenvalue weighted by Crippen LogP contribution is 2.20. The molecule has 2 heterocycles. The molecule has 3 aromatic rings. The third-order valence-electron chi connectivity index (χ3n) is 3.03. The maximum absolute atomic E-state index is 5.25. The Morgan fingerprint density at radius 1 is 1.14 bits per heavy atom. The summed E-state index contributed by atoms with van der Waals surface area (Å²) in [6, 6.07) is 13.7. The molecule has 0 spiro atoms. The van der Waals surface area contributed by atoms with Crippen molar-refractivity contribution in [2.75, 3.05) is 17.3 Å². The van der Waals surface area contributed by atoms with Gasteiger partial charge in [0.2, 0.25) is 5.95 Å². The standard InChI is InChI=1S/C15H15N5O/c1-20(12-6-3-2-4-7-12)14-11-17-19-15(18-14)16-10-13-8-5-9-21-13/h2-9,11H,10H2,1H3,(H,16,18,19). The fourth-order valence-electron chi connectivity index (χ4n) is 1.89. The van der Waals surface area contributed by atoms with Gasteiger partial charge in [-0.05, 0) is 24.3 Å². The summed E-state index contributed by atoms with van der Waals surface area (Å²) in [7, 11) is 1.94. The topological polar surface area (TPSA) is 67.1 Å². The van der Waals surface area contributed by atoms with Crippen LogP contribution in [-0.2, 0) is 6.54 Å². The molecule has 0 saturated heterocycles. The van der Waals surface area contributed by atoms with E-state index in [2.05, 4.69) is 20.5 Å². The molecule has 0 bridgehead atoms. The second kappa shape index (κ2) is 6.04. The van der Waals surface area contributed by atoms with E-state index in [-0.39, 0.29) is 0 Å². The lowest BCUT2D eigenvalue weighted by atomic mass is 10.3. The van der Waals surface area contributed by atoms with Gasteiger partial charge in [-0.25, -0.2) is 0 Å². The Morgan fingerprint density at radius 3 is 2.76 bits per heavy atom. The number of anilines is 3. The first-order chi connectivity index (χ1) is 10.3. The minimum absolute atomic E-state index is 0.465. The predicted molar refractivity (Wildman–Crippen MR) is 80.4 cm³/mol. The fraction of sp³-hybridized carbons (Fsp3) is 0.133. The summed E-state index contributed by atoms with van der Waals surface area (Å²) in [4.78, 5) is 6.40. The SMILES string of the molecule is CN(c1ccccc1)c1cnnc(NCc2ccco2)n1. The number of furan rings is 1. The van der Waals surface area contributed by atoms with Crippen LogP contribution in [0.3, 0.4) is 0 Å². The van der Waals surface area contributed by atoms with Gasteiger partial charge >= 0.3 is 0 Å². The Hall–Kier alpha value is -2.89. The molecule has 0 aliphatic carbocycles. The molecule has 1 N–H and O–H groups in total. The number of benzene rings is 1. The Balaban J connectivity index is 1.73. The second-order valence-corrected chi connectivity index (χ2v) is 4.47. The van der Waals surface area contributed by atoms with Crippen molar-refractivity contribution in [1.29, 1.82) is 0 Å². The molecule has 0 radical (unpaired) electrons. The number of nitrogens with zero attached hydrogens (tertiary/aromatic N) is 4. The summed E-state index contributed by atoms with van der Waals surface area (Å²) in [6.45, 7) is 0.521. The molecule has 0 aliphatic rings. The van der Waals surface area contributed by atoms with Crippen LogP contribution in [0.25, 0.3) is 0 Å². The van der Waals surface area contributed by atoms with Gasteiger partial charge in [0.25, 0.3) is 0 Å². The average molecular weight is 281 g/mol. The Kier molecular flexibility index (Phi) is 3.77. The molecule has 1 aromatic carbocycles. The molecular formula is C15H15N5O. The van der Waals surface area contributed by atoms with Crippen molar-refractivity contribution in [3.8, 4) is 0 Å². The van der Waals surface area contributed by atoms with Crippen LogP contribution >= 0.6 is 0 Å². The summed E-state index contributed by atoms with van der Waals surface area (Å²) >= 11 is 0. The smallest absolute Gasteiger partial charge is 0.245 e. The zero-order chi connectivity index (χ0) is 14.5. The van der Waals surface area contributed by atoms with Gasteiger partial charge < -0.3 is 14.6 Å². The predicted octanol–water partition coefficient (Wildman–Crippen LogP) is 2.84. The zero-order valence-electron chi connectivity index (χ0n) is 11.6. The van der Waals surface area contributed by atoms with Crippen LogP contribution in [0.4, 0.5) is 17.5 Å². The van der Waals surface area contributed by atoms with E-state index in [9.17, 15) is 0 Å². The van der Waals surface area contributed by atoms with Crippen molar-refractivity contribution in [2.45, 2.75) is 6.54 Å². The van der Waals surface area contributed by atoms with Crippen LogP contribution in [0.1, 0.15) is 5.76 Å². The maximum atomic E-state index is 5.25. The first-order valence-corrected chi connectivity index (χ1v) is 6.58. The highest BCUT2D eigenvalue weighted by molar-refractivity contribution is 5.58. The molecule has 0 atom stereocenters. The van der Waals surface area contributed by atoms with Crippen molar-refractivity contribution in [2.24, 2.45) is 0 Å². The molecule has 21 heavy (non-hydrogen) atoms. The normalized spacial score (nSPS) is 10.3. The molecule has 6 heteroatoms. The quantitative estimate of drug-likeness (QED) is 0.775. The van der Waals surface area contributed by atoms with E-state index in [1.54, 1.807) is 12.5 Å². The lowest BCUT2D eigenvalue weighted by Gasteiger charge is -2.17. The molecule has 3 rings (SSSR count). The third kappa shape index (κ3) is 3.17. The monoisotopic (exact) mass is 281 g/mol. The summed E-state index contributed by atoms with van der Waals surface area (Å²) < 4.78 is 5.25. The number of hydrogen-bond donors (Lipinski definition) is 1. The lowest BCUT2D eigenvalue weighted by molar-refractivity contribution is 0.517. The van der Waals surface area contributed by atoms with Gasteiger partial charge in [0.15, 0.2) is 5.82 Å². The molecule has 6 nitrogen and oxygen atoms in total. The van der Waals surface area contributed by atoms with Crippen molar-refractivity contribution in [1.82, 2.24) is 15.2 Å². The minimum Gasteiger partial charge on any atom is -0.467 e. The summed E-state index contributed by atoms with van der Waals surface area (Å²) in [5.41, 5.74) is 1.04. The molecule has 2 aromatic heterocycles. The van der Waals surface area contributed by atoms with E-state index in [1.807, 2.05) is 54.4 Å². The van der Waals surface area contributed by atoms with Crippen LogP contribution in [0, 0.1) is 0 Å².